The zero-order valence-corrected chi connectivity index (χ0v) is 17.7. The van der Waals surface area contributed by atoms with Gasteiger partial charge in [0, 0.05) is 17.0 Å². The number of rotatable bonds is 6. The first-order valence-electron chi connectivity index (χ1n) is 8.98. The predicted molar refractivity (Wildman–Crippen MR) is 114 cm³/mol. The second-order valence-corrected chi connectivity index (χ2v) is 9.98. The number of carbonyl (C=O) groups excluding carboxylic acids is 1. The Balaban J connectivity index is 1.89. The number of carbonyl (C=O) groups is 1. The average molecular weight is 414 g/mol. The Morgan fingerprint density at radius 2 is 1.79 bits per heavy atom. The van der Waals surface area contributed by atoms with Crippen molar-refractivity contribution in [1.82, 2.24) is 5.32 Å². The molecule has 3 rings (SSSR count). The van der Waals surface area contributed by atoms with Crippen LogP contribution in [0, 0.1) is 20.8 Å². The molecule has 0 aliphatic carbocycles. The summed E-state index contributed by atoms with van der Waals surface area (Å²) in [5, 5.41) is 3.82. The lowest BCUT2D eigenvalue weighted by molar-refractivity contribution is 0.0953. The van der Waals surface area contributed by atoms with E-state index >= 15 is 0 Å². The van der Waals surface area contributed by atoms with Gasteiger partial charge in [-0.05, 0) is 67.6 Å². The summed E-state index contributed by atoms with van der Waals surface area (Å²) in [5.74, 6) is -0.277. The number of hydrogen-bond donors (Lipinski definition) is 1. The van der Waals surface area contributed by atoms with E-state index in [1.165, 1.54) is 11.3 Å². The highest BCUT2D eigenvalue weighted by Gasteiger charge is 2.30. The molecule has 1 atom stereocenters. The van der Waals surface area contributed by atoms with Crippen LogP contribution in [-0.2, 0) is 9.84 Å². The first kappa shape index (κ1) is 20.3. The summed E-state index contributed by atoms with van der Waals surface area (Å²) >= 11 is 1.38. The smallest absolute Gasteiger partial charge is 0.251 e. The molecule has 2 aromatic carbocycles. The highest BCUT2D eigenvalue weighted by Crippen LogP contribution is 2.32. The normalized spacial score (nSPS) is 12.5. The molecule has 1 aromatic heterocycles. The Labute approximate surface area is 170 Å². The molecule has 0 saturated heterocycles. The van der Waals surface area contributed by atoms with Gasteiger partial charge in [-0.25, -0.2) is 8.42 Å². The van der Waals surface area contributed by atoms with Crippen molar-refractivity contribution in [1.29, 1.82) is 0 Å². The van der Waals surface area contributed by atoms with E-state index in [4.69, 9.17) is 0 Å². The minimum absolute atomic E-state index is 0.0164. The van der Waals surface area contributed by atoms with Gasteiger partial charge < -0.3 is 5.32 Å². The Morgan fingerprint density at radius 1 is 1.00 bits per heavy atom. The predicted octanol–water partition coefficient (Wildman–Crippen LogP) is 4.62. The van der Waals surface area contributed by atoms with Crippen LogP contribution >= 0.6 is 11.3 Å². The maximum Gasteiger partial charge on any atom is 0.251 e. The van der Waals surface area contributed by atoms with Crippen LogP contribution in [0.1, 0.15) is 37.2 Å². The Kier molecular flexibility index (Phi) is 6.01. The van der Waals surface area contributed by atoms with E-state index in [9.17, 15) is 13.2 Å². The van der Waals surface area contributed by atoms with Crippen molar-refractivity contribution in [2.75, 3.05) is 6.54 Å². The van der Waals surface area contributed by atoms with Gasteiger partial charge in [0.25, 0.3) is 5.91 Å². The summed E-state index contributed by atoms with van der Waals surface area (Å²) < 4.78 is 26.7. The third kappa shape index (κ3) is 4.34. The first-order chi connectivity index (χ1) is 13.3. The number of thiophene rings is 1. The van der Waals surface area contributed by atoms with Crippen molar-refractivity contribution >= 4 is 27.1 Å². The molecule has 1 amide bonds. The fourth-order valence-corrected chi connectivity index (χ4v) is 5.83. The minimum atomic E-state index is -3.65. The number of aryl methyl sites for hydroxylation is 3. The van der Waals surface area contributed by atoms with Gasteiger partial charge in [-0.2, -0.15) is 0 Å². The Hall–Kier alpha value is -2.44. The van der Waals surface area contributed by atoms with E-state index in [0.717, 1.165) is 16.7 Å². The van der Waals surface area contributed by atoms with Crippen LogP contribution in [0.5, 0.6) is 0 Å². The van der Waals surface area contributed by atoms with Crippen molar-refractivity contribution in [3.05, 3.63) is 87.1 Å². The summed E-state index contributed by atoms with van der Waals surface area (Å²) in [7, 11) is -3.65. The lowest BCUT2D eigenvalue weighted by Gasteiger charge is -2.18. The van der Waals surface area contributed by atoms with E-state index in [0.29, 0.717) is 10.4 Å². The highest BCUT2D eigenvalue weighted by atomic mass is 32.2. The van der Waals surface area contributed by atoms with Crippen LogP contribution in [0.25, 0.3) is 0 Å². The number of hydrogen-bond acceptors (Lipinski definition) is 4. The number of sulfone groups is 1. The summed E-state index contributed by atoms with van der Waals surface area (Å²) in [6.45, 7) is 5.77. The van der Waals surface area contributed by atoms with E-state index < -0.39 is 15.1 Å². The summed E-state index contributed by atoms with van der Waals surface area (Å²) in [6.07, 6.45) is 0. The van der Waals surface area contributed by atoms with Gasteiger partial charge in [-0.15, -0.1) is 11.3 Å². The fraction of sp³-hybridized carbons (Fsp3) is 0.227. The van der Waals surface area contributed by atoms with E-state index in [1.54, 1.807) is 30.3 Å². The molecular weight excluding hydrogens is 390 g/mol. The third-order valence-electron chi connectivity index (χ3n) is 4.77. The Bertz CT molecular complexity index is 1090. The zero-order chi connectivity index (χ0) is 20.3. The second kappa shape index (κ2) is 8.29. The number of nitrogens with one attached hydrogen (secondary N) is 1. The first-order valence-corrected chi connectivity index (χ1v) is 11.4. The number of amides is 1. The average Bonchev–Trinajstić information content (AvgIpc) is 3.18. The van der Waals surface area contributed by atoms with Crippen molar-refractivity contribution in [2.45, 2.75) is 30.9 Å². The molecule has 1 heterocycles. The quantitative estimate of drug-likeness (QED) is 0.641. The topological polar surface area (TPSA) is 63.2 Å². The molecule has 0 aliphatic rings. The molecular formula is C22H23NO3S2. The van der Waals surface area contributed by atoms with Gasteiger partial charge in [-0.1, -0.05) is 29.8 Å². The summed E-state index contributed by atoms with van der Waals surface area (Å²) in [4.78, 5) is 13.5. The molecule has 0 fully saturated rings. The van der Waals surface area contributed by atoms with Crippen LogP contribution in [-0.4, -0.2) is 20.9 Å². The van der Waals surface area contributed by atoms with Gasteiger partial charge >= 0.3 is 0 Å². The van der Waals surface area contributed by atoms with Gasteiger partial charge in [0.05, 0.1) is 4.90 Å². The van der Waals surface area contributed by atoms with Crippen molar-refractivity contribution in [3.63, 3.8) is 0 Å². The zero-order valence-electron chi connectivity index (χ0n) is 16.1. The molecule has 4 nitrogen and oxygen atoms in total. The van der Waals surface area contributed by atoms with Crippen LogP contribution in [0.2, 0.25) is 0 Å². The van der Waals surface area contributed by atoms with Crippen molar-refractivity contribution in [2.24, 2.45) is 0 Å². The Morgan fingerprint density at radius 3 is 2.43 bits per heavy atom. The largest absolute Gasteiger partial charge is 0.350 e. The third-order valence-corrected chi connectivity index (χ3v) is 7.99. The molecule has 0 unspecified atom stereocenters. The van der Waals surface area contributed by atoms with Gasteiger partial charge in [0.15, 0.2) is 9.84 Å². The maximum absolute atomic E-state index is 13.4. The van der Waals surface area contributed by atoms with E-state index in [-0.39, 0.29) is 17.3 Å². The molecule has 0 radical (unpaired) electrons. The lowest BCUT2D eigenvalue weighted by Crippen LogP contribution is -2.31. The van der Waals surface area contributed by atoms with Crippen molar-refractivity contribution in [3.8, 4) is 0 Å². The summed E-state index contributed by atoms with van der Waals surface area (Å²) in [5.41, 5.74) is 3.47. The van der Waals surface area contributed by atoms with E-state index in [1.807, 2.05) is 50.4 Å². The highest BCUT2D eigenvalue weighted by molar-refractivity contribution is 7.91. The number of benzene rings is 2. The standard InChI is InChI=1S/C22H23NO3S2/c1-15-6-4-7-18(12-15)22(24)23-14-21(20-8-5-11-27-20)28(25,26)19-10-9-16(2)17(3)13-19/h4-13,21H,14H2,1-3H3,(H,23,24)/t21-/m0/s1. The molecule has 1 N–H and O–H groups in total. The molecule has 0 bridgehead atoms. The van der Waals surface area contributed by atoms with Gasteiger partial charge in [0.2, 0.25) is 0 Å². The monoisotopic (exact) mass is 413 g/mol. The lowest BCUT2D eigenvalue weighted by atomic mass is 10.1. The van der Waals surface area contributed by atoms with Gasteiger partial charge in [0.1, 0.15) is 5.25 Å². The van der Waals surface area contributed by atoms with Crippen LogP contribution in [0.3, 0.4) is 0 Å². The molecule has 6 heteroatoms. The molecule has 0 aliphatic heterocycles. The van der Waals surface area contributed by atoms with Crippen LogP contribution in [0.15, 0.2) is 64.9 Å². The molecule has 3 aromatic rings. The van der Waals surface area contributed by atoms with E-state index in [2.05, 4.69) is 5.32 Å². The SMILES string of the molecule is Cc1cccc(C(=O)NC[C@@H](c2cccs2)S(=O)(=O)c2ccc(C)c(C)c2)c1. The molecule has 0 spiro atoms. The summed E-state index contributed by atoms with van der Waals surface area (Å²) in [6, 6.07) is 16.0. The molecule has 28 heavy (non-hydrogen) atoms. The fourth-order valence-electron chi connectivity index (χ4n) is 2.97. The second-order valence-electron chi connectivity index (χ2n) is 6.87. The van der Waals surface area contributed by atoms with Gasteiger partial charge in [-0.3, -0.25) is 4.79 Å². The van der Waals surface area contributed by atoms with Crippen molar-refractivity contribution < 1.29 is 13.2 Å². The molecule has 0 saturated carbocycles. The maximum atomic E-state index is 13.4. The van der Waals surface area contributed by atoms with Crippen LogP contribution < -0.4 is 5.32 Å². The minimum Gasteiger partial charge on any atom is -0.350 e. The molecule has 146 valence electrons. The van der Waals surface area contributed by atoms with Crippen LogP contribution in [0.4, 0.5) is 0 Å².